The van der Waals surface area contributed by atoms with Crippen LogP contribution in [0.2, 0.25) is 0 Å². The van der Waals surface area contributed by atoms with Crippen LogP contribution in [-0.2, 0) is 0 Å². The monoisotopic (exact) mass is 476 g/mol. The Morgan fingerprint density at radius 1 is 1.12 bits per heavy atom. The van der Waals surface area contributed by atoms with Crippen LogP contribution in [0, 0.1) is 17.6 Å². The van der Waals surface area contributed by atoms with E-state index in [0.717, 1.165) is 31.5 Å². The summed E-state index contributed by atoms with van der Waals surface area (Å²) in [5.74, 6) is 0.268. The number of hydrogen-bond donors (Lipinski definition) is 2. The maximum absolute atomic E-state index is 13.9. The van der Waals surface area contributed by atoms with Crippen LogP contribution < -0.4 is 10.6 Å². The predicted molar refractivity (Wildman–Crippen MR) is 110 cm³/mol. The van der Waals surface area contributed by atoms with Crippen LogP contribution in [0.3, 0.4) is 0 Å². The van der Waals surface area contributed by atoms with Crippen LogP contribution in [0.25, 0.3) is 0 Å². The molecule has 4 unspecified atom stereocenters. The Balaban J connectivity index is 0.00000196. The Morgan fingerprint density at radius 3 is 2.38 bits per heavy atom. The van der Waals surface area contributed by atoms with Crippen LogP contribution in [0.4, 0.5) is 8.78 Å². The number of aliphatic imine (C=N–C) groups is 1. The van der Waals surface area contributed by atoms with Gasteiger partial charge in [0.2, 0.25) is 0 Å². The van der Waals surface area contributed by atoms with Crippen molar-refractivity contribution in [2.45, 2.75) is 50.2 Å². The van der Waals surface area contributed by atoms with Crippen molar-refractivity contribution in [1.29, 1.82) is 0 Å². The Labute approximate surface area is 170 Å². The normalized spacial score (nSPS) is 31.5. The molecule has 2 N–H and O–H groups in total. The molecule has 144 valence electrons. The summed E-state index contributed by atoms with van der Waals surface area (Å²) < 4.78 is 27.8. The third-order valence-corrected chi connectivity index (χ3v) is 5.73. The number of guanidine groups is 1. The quantitative estimate of drug-likeness (QED) is 0.399. The van der Waals surface area contributed by atoms with Gasteiger partial charge < -0.3 is 10.6 Å². The summed E-state index contributed by atoms with van der Waals surface area (Å²) in [5, 5.41) is 6.85. The third kappa shape index (κ3) is 4.13. The third-order valence-electron chi connectivity index (χ3n) is 5.73. The van der Waals surface area contributed by atoms with Crippen molar-refractivity contribution in [1.82, 2.24) is 15.5 Å². The molecule has 0 amide bonds. The first-order valence-corrected chi connectivity index (χ1v) is 9.24. The molecule has 4 rings (SSSR count). The average Bonchev–Trinajstić information content (AvgIpc) is 3.48. The zero-order valence-corrected chi connectivity index (χ0v) is 17.5. The molecule has 4 nitrogen and oxygen atoms in total. The Bertz CT molecular complexity index is 659. The second-order valence-electron chi connectivity index (χ2n) is 7.71. The van der Waals surface area contributed by atoms with E-state index in [-0.39, 0.29) is 41.5 Å². The van der Waals surface area contributed by atoms with Gasteiger partial charge in [-0.05, 0) is 37.3 Å². The summed E-state index contributed by atoms with van der Waals surface area (Å²) >= 11 is 0. The van der Waals surface area contributed by atoms with Crippen molar-refractivity contribution < 1.29 is 8.78 Å². The van der Waals surface area contributed by atoms with Crippen LogP contribution in [0.15, 0.2) is 23.2 Å². The van der Waals surface area contributed by atoms with E-state index < -0.39 is 11.6 Å². The van der Waals surface area contributed by atoms with E-state index in [1.54, 1.807) is 7.05 Å². The maximum atomic E-state index is 13.9. The van der Waals surface area contributed by atoms with Crippen LogP contribution in [-0.4, -0.2) is 49.1 Å². The minimum atomic E-state index is -0.457. The van der Waals surface area contributed by atoms with E-state index in [4.69, 9.17) is 0 Å². The standard InChI is InChI=1S/C19H26F2N4.HI/c1-11-9-25(12-6-7-12)10-17(11)24-19(22-2)23-16-8-13(16)18-14(20)4-3-5-15(18)21;/h3-5,11-13,16-17H,6-10H2,1-2H3,(H2,22,23,24);1H. The van der Waals surface area contributed by atoms with Crippen molar-refractivity contribution >= 4 is 29.9 Å². The predicted octanol–water partition coefficient (Wildman–Crippen LogP) is 3.09. The first-order chi connectivity index (χ1) is 12.1. The van der Waals surface area contributed by atoms with Gasteiger partial charge in [0.05, 0.1) is 0 Å². The molecular formula is C19H27F2IN4. The molecule has 0 radical (unpaired) electrons. The number of rotatable bonds is 4. The number of hydrogen-bond acceptors (Lipinski definition) is 2. The summed E-state index contributed by atoms with van der Waals surface area (Å²) in [4.78, 5) is 6.87. The minimum absolute atomic E-state index is 0. The van der Waals surface area contributed by atoms with Gasteiger partial charge in [0.25, 0.3) is 0 Å². The molecule has 0 spiro atoms. The zero-order valence-electron chi connectivity index (χ0n) is 15.2. The lowest BCUT2D eigenvalue weighted by atomic mass is 10.1. The first-order valence-electron chi connectivity index (χ1n) is 9.24. The average molecular weight is 476 g/mol. The van der Waals surface area contributed by atoms with Crippen molar-refractivity contribution in [3.8, 4) is 0 Å². The molecule has 1 saturated heterocycles. The van der Waals surface area contributed by atoms with E-state index in [9.17, 15) is 8.78 Å². The highest BCUT2D eigenvalue weighted by Gasteiger charge is 2.43. The van der Waals surface area contributed by atoms with Gasteiger partial charge >= 0.3 is 0 Å². The molecule has 2 saturated carbocycles. The number of nitrogens with one attached hydrogen (secondary N) is 2. The first kappa shape index (κ1) is 19.8. The van der Waals surface area contributed by atoms with Gasteiger partial charge in [-0.2, -0.15) is 0 Å². The molecule has 4 atom stereocenters. The van der Waals surface area contributed by atoms with Gasteiger partial charge in [-0.1, -0.05) is 13.0 Å². The highest BCUT2D eigenvalue weighted by Crippen LogP contribution is 2.43. The summed E-state index contributed by atoms with van der Waals surface area (Å²) in [6, 6.07) is 5.25. The van der Waals surface area contributed by atoms with E-state index >= 15 is 0 Å². The Morgan fingerprint density at radius 2 is 1.77 bits per heavy atom. The van der Waals surface area contributed by atoms with E-state index in [2.05, 4.69) is 27.4 Å². The number of nitrogens with zero attached hydrogens (tertiary/aromatic N) is 2. The molecule has 2 aliphatic carbocycles. The fourth-order valence-corrected chi connectivity index (χ4v) is 3.99. The van der Waals surface area contributed by atoms with Gasteiger partial charge in [0.15, 0.2) is 5.96 Å². The summed E-state index contributed by atoms with van der Waals surface area (Å²) in [6.45, 7) is 4.44. The molecule has 3 fully saturated rings. The highest BCUT2D eigenvalue weighted by molar-refractivity contribution is 14.0. The largest absolute Gasteiger partial charge is 0.353 e. The molecule has 1 aromatic carbocycles. The second kappa shape index (κ2) is 7.96. The second-order valence-corrected chi connectivity index (χ2v) is 7.71. The number of likely N-dealkylation sites (tertiary alicyclic amines) is 1. The lowest BCUT2D eigenvalue weighted by Gasteiger charge is -2.20. The minimum Gasteiger partial charge on any atom is -0.353 e. The van der Waals surface area contributed by atoms with Crippen molar-refractivity contribution in [3.05, 3.63) is 35.4 Å². The molecule has 1 heterocycles. The van der Waals surface area contributed by atoms with Crippen LogP contribution in [0.5, 0.6) is 0 Å². The van der Waals surface area contributed by atoms with E-state index in [1.807, 2.05) is 0 Å². The maximum Gasteiger partial charge on any atom is 0.191 e. The molecule has 3 aliphatic rings. The van der Waals surface area contributed by atoms with E-state index in [0.29, 0.717) is 12.0 Å². The SMILES string of the molecule is CN=C(NC1CN(C2CC2)CC1C)NC1CC1c1c(F)cccc1F.I. The molecule has 26 heavy (non-hydrogen) atoms. The van der Waals surface area contributed by atoms with Gasteiger partial charge in [-0.15, -0.1) is 24.0 Å². The molecule has 7 heteroatoms. The topological polar surface area (TPSA) is 39.7 Å². The molecular weight excluding hydrogens is 449 g/mol. The van der Waals surface area contributed by atoms with Crippen molar-refractivity contribution in [2.24, 2.45) is 10.9 Å². The lowest BCUT2D eigenvalue weighted by molar-refractivity contribution is 0.315. The van der Waals surface area contributed by atoms with Crippen LogP contribution >= 0.6 is 24.0 Å². The lowest BCUT2D eigenvalue weighted by Crippen LogP contribution is -2.47. The van der Waals surface area contributed by atoms with Crippen LogP contribution in [0.1, 0.15) is 37.7 Å². The van der Waals surface area contributed by atoms with E-state index in [1.165, 1.54) is 31.0 Å². The molecule has 0 aromatic heterocycles. The summed E-state index contributed by atoms with van der Waals surface area (Å²) in [7, 11) is 1.74. The fourth-order valence-electron chi connectivity index (χ4n) is 3.99. The molecule has 0 bridgehead atoms. The highest BCUT2D eigenvalue weighted by atomic mass is 127. The number of halogens is 3. The molecule has 1 aromatic rings. The van der Waals surface area contributed by atoms with Crippen molar-refractivity contribution in [2.75, 3.05) is 20.1 Å². The van der Waals surface area contributed by atoms with Gasteiger partial charge in [0, 0.05) is 49.7 Å². The summed E-state index contributed by atoms with van der Waals surface area (Å²) in [6.07, 6.45) is 3.38. The van der Waals surface area contributed by atoms with Gasteiger partial charge in [0.1, 0.15) is 11.6 Å². The Hall–Kier alpha value is -0.960. The smallest absolute Gasteiger partial charge is 0.191 e. The summed E-state index contributed by atoms with van der Waals surface area (Å²) in [5.41, 5.74) is 0.199. The van der Waals surface area contributed by atoms with Gasteiger partial charge in [-0.3, -0.25) is 9.89 Å². The zero-order chi connectivity index (χ0) is 17.6. The molecule has 1 aliphatic heterocycles. The Kier molecular flexibility index (Phi) is 6.06. The van der Waals surface area contributed by atoms with Gasteiger partial charge in [-0.25, -0.2) is 8.78 Å². The van der Waals surface area contributed by atoms with Crippen molar-refractivity contribution in [3.63, 3.8) is 0 Å². The fraction of sp³-hybridized carbons (Fsp3) is 0.632. The number of benzene rings is 1.